The van der Waals surface area contributed by atoms with E-state index in [9.17, 15) is 8.78 Å². The van der Waals surface area contributed by atoms with Crippen LogP contribution in [0.5, 0.6) is 0 Å². The van der Waals surface area contributed by atoms with E-state index in [0.717, 1.165) is 38.4 Å². The minimum absolute atomic E-state index is 0.0410. The lowest BCUT2D eigenvalue weighted by molar-refractivity contribution is 0.321. The minimum atomic E-state index is -0.638. The molecule has 20 heavy (non-hydrogen) atoms. The van der Waals surface area contributed by atoms with Crippen LogP contribution in [-0.2, 0) is 0 Å². The van der Waals surface area contributed by atoms with Crippen LogP contribution in [0, 0.1) is 11.6 Å². The van der Waals surface area contributed by atoms with Gasteiger partial charge < -0.3 is 10.2 Å². The molecule has 5 heteroatoms. The molecule has 0 amide bonds. The van der Waals surface area contributed by atoms with Crippen molar-refractivity contribution in [1.82, 2.24) is 5.32 Å². The fraction of sp³-hybridized carbons (Fsp3) is 0.600. The van der Waals surface area contributed by atoms with E-state index in [1.165, 1.54) is 6.07 Å². The van der Waals surface area contributed by atoms with Gasteiger partial charge in [-0.1, -0.05) is 25.4 Å². The van der Waals surface area contributed by atoms with E-state index < -0.39 is 11.6 Å². The Bertz CT molecular complexity index is 452. The molecule has 112 valence electrons. The number of hydrogen-bond donors (Lipinski definition) is 1. The first-order chi connectivity index (χ1) is 9.51. The Hall–Kier alpha value is -0.870. The molecular formula is C15H21ClF2N2. The van der Waals surface area contributed by atoms with Crippen LogP contribution < -0.4 is 10.2 Å². The van der Waals surface area contributed by atoms with E-state index in [-0.39, 0.29) is 10.6 Å². The van der Waals surface area contributed by atoms with Crippen molar-refractivity contribution in [3.63, 3.8) is 0 Å². The molecule has 1 aromatic carbocycles. The summed E-state index contributed by atoms with van der Waals surface area (Å²) in [5.74, 6) is -1.22. The van der Waals surface area contributed by atoms with Crippen LogP contribution in [-0.4, -0.2) is 25.2 Å². The van der Waals surface area contributed by atoms with Gasteiger partial charge in [-0.15, -0.1) is 0 Å². The van der Waals surface area contributed by atoms with Gasteiger partial charge >= 0.3 is 0 Å². The molecular weight excluding hydrogens is 282 g/mol. The molecule has 1 heterocycles. The Labute approximate surface area is 124 Å². The van der Waals surface area contributed by atoms with Crippen LogP contribution in [0.25, 0.3) is 0 Å². The molecule has 0 aromatic heterocycles. The maximum absolute atomic E-state index is 14.1. The van der Waals surface area contributed by atoms with Crippen LogP contribution >= 0.6 is 11.6 Å². The molecule has 0 bridgehead atoms. The highest BCUT2D eigenvalue weighted by Crippen LogP contribution is 2.33. The monoisotopic (exact) mass is 302 g/mol. The summed E-state index contributed by atoms with van der Waals surface area (Å²) < 4.78 is 27.3. The summed E-state index contributed by atoms with van der Waals surface area (Å²) in [4.78, 5) is 1.95. The predicted octanol–water partition coefficient (Wildman–Crippen LogP) is 3.98. The zero-order valence-corrected chi connectivity index (χ0v) is 12.7. The quantitative estimate of drug-likeness (QED) is 0.908. The van der Waals surface area contributed by atoms with Crippen molar-refractivity contribution in [3.8, 4) is 0 Å². The summed E-state index contributed by atoms with van der Waals surface area (Å²) in [6, 6.07) is 2.08. The Kier molecular flexibility index (Phi) is 4.86. The van der Waals surface area contributed by atoms with Crippen molar-refractivity contribution in [2.45, 2.75) is 38.6 Å². The van der Waals surface area contributed by atoms with Gasteiger partial charge in [0.05, 0.1) is 10.7 Å². The zero-order chi connectivity index (χ0) is 14.8. The number of benzene rings is 1. The number of hydrogen-bond acceptors (Lipinski definition) is 2. The summed E-state index contributed by atoms with van der Waals surface area (Å²) in [6.07, 6.45) is 2.83. The summed E-state index contributed by atoms with van der Waals surface area (Å²) in [7, 11) is 0. The van der Waals surface area contributed by atoms with Crippen LogP contribution in [0.1, 0.15) is 33.1 Å². The third-order valence-electron chi connectivity index (χ3n) is 4.25. The summed E-state index contributed by atoms with van der Waals surface area (Å²) >= 11 is 6.06. The van der Waals surface area contributed by atoms with Crippen LogP contribution in [0.4, 0.5) is 14.5 Å². The van der Waals surface area contributed by atoms with Gasteiger partial charge in [-0.05, 0) is 31.9 Å². The van der Waals surface area contributed by atoms with Gasteiger partial charge in [0.15, 0.2) is 5.82 Å². The third kappa shape index (κ3) is 3.07. The molecule has 0 spiro atoms. The fourth-order valence-corrected chi connectivity index (χ4v) is 3.19. The average molecular weight is 303 g/mol. The lowest BCUT2D eigenvalue weighted by atomic mass is 9.92. The van der Waals surface area contributed by atoms with E-state index in [0.29, 0.717) is 12.2 Å². The molecule has 1 aliphatic rings. The number of rotatable bonds is 3. The summed E-state index contributed by atoms with van der Waals surface area (Å²) in [6.45, 7) is 6.56. The van der Waals surface area contributed by atoms with Crippen LogP contribution in [0.3, 0.4) is 0 Å². The normalized spacial score (nSPS) is 18.9. The molecule has 2 nitrogen and oxygen atoms in total. The Morgan fingerprint density at radius 1 is 1.30 bits per heavy atom. The van der Waals surface area contributed by atoms with Gasteiger partial charge in [0.25, 0.3) is 0 Å². The second-order valence-corrected chi connectivity index (χ2v) is 5.81. The van der Waals surface area contributed by atoms with Crippen LogP contribution in [0.2, 0.25) is 5.02 Å². The highest BCUT2D eigenvalue weighted by atomic mass is 35.5. The Morgan fingerprint density at radius 3 is 2.60 bits per heavy atom. The largest absolute Gasteiger partial charge is 0.366 e. The highest BCUT2D eigenvalue weighted by Gasteiger charge is 2.32. The molecule has 0 saturated carbocycles. The van der Waals surface area contributed by atoms with Gasteiger partial charge in [-0.25, -0.2) is 8.78 Å². The van der Waals surface area contributed by atoms with E-state index >= 15 is 0 Å². The Morgan fingerprint density at radius 2 is 2.00 bits per heavy atom. The molecule has 1 N–H and O–H groups in total. The van der Waals surface area contributed by atoms with Crippen molar-refractivity contribution in [3.05, 3.63) is 28.8 Å². The Balaban J connectivity index is 2.36. The van der Waals surface area contributed by atoms with Gasteiger partial charge in [-0.3, -0.25) is 0 Å². The van der Waals surface area contributed by atoms with Crippen molar-refractivity contribution >= 4 is 17.3 Å². The lowest BCUT2D eigenvalue weighted by Crippen LogP contribution is -2.50. The van der Waals surface area contributed by atoms with E-state index in [1.807, 2.05) is 4.90 Å². The second-order valence-electron chi connectivity index (χ2n) is 5.41. The first kappa shape index (κ1) is 15.5. The van der Waals surface area contributed by atoms with Gasteiger partial charge in [0.1, 0.15) is 5.82 Å². The first-order valence-electron chi connectivity index (χ1n) is 7.16. The predicted molar refractivity (Wildman–Crippen MR) is 79.5 cm³/mol. The standard InChI is InChI=1S/C15H21ClF2N2/c1-3-15(4-2)10-20(7-5-6-19-15)14-12(16)8-11(17)9-13(14)18/h8-9,19H,3-7,10H2,1-2H3. The summed E-state index contributed by atoms with van der Waals surface area (Å²) in [5.41, 5.74) is 0.281. The van der Waals surface area contributed by atoms with Gasteiger partial charge in [-0.2, -0.15) is 0 Å². The third-order valence-corrected chi connectivity index (χ3v) is 4.54. The molecule has 0 unspecified atom stereocenters. The first-order valence-corrected chi connectivity index (χ1v) is 7.53. The molecule has 1 saturated heterocycles. The van der Waals surface area contributed by atoms with Crippen molar-refractivity contribution in [2.75, 3.05) is 24.5 Å². The van der Waals surface area contributed by atoms with E-state index in [1.54, 1.807) is 0 Å². The maximum atomic E-state index is 14.1. The summed E-state index contributed by atoms with van der Waals surface area (Å²) in [5, 5.41) is 3.71. The fourth-order valence-electron chi connectivity index (χ4n) is 2.87. The van der Waals surface area contributed by atoms with E-state index in [4.69, 9.17) is 11.6 Å². The molecule has 1 aromatic rings. The molecule has 1 fully saturated rings. The lowest BCUT2D eigenvalue weighted by Gasteiger charge is -2.36. The molecule has 0 radical (unpaired) electrons. The molecule has 0 aliphatic carbocycles. The van der Waals surface area contributed by atoms with Gasteiger partial charge in [0.2, 0.25) is 0 Å². The van der Waals surface area contributed by atoms with Gasteiger partial charge in [0, 0.05) is 24.7 Å². The number of nitrogens with zero attached hydrogens (tertiary/aromatic N) is 1. The number of nitrogens with one attached hydrogen (secondary N) is 1. The molecule has 2 rings (SSSR count). The smallest absolute Gasteiger partial charge is 0.150 e. The van der Waals surface area contributed by atoms with Crippen molar-refractivity contribution in [1.29, 1.82) is 0 Å². The maximum Gasteiger partial charge on any atom is 0.150 e. The number of halogens is 3. The second kappa shape index (κ2) is 6.27. The SMILES string of the molecule is CCC1(CC)CN(c2c(F)cc(F)cc2Cl)CCCN1. The van der Waals surface area contributed by atoms with E-state index in [2.05, 4.69) is 19.2 Å². The molecule has 0 atom stereocenters. The number of anilines is 1. The average Bonchev–Trinajstić information content (AvgIpc) is 2.61. The van der Waals surface area contributed by atoms with Crippen molar-refractivity contribution in [2.24, 2.45) is 0 Å². The topological polar surface area (TPSA) is 15.3 Å². The molecule has 1 aliphatic heterocycles. The highest BCUT2D eigenvalue weighted by molar-refractivity contribution is 6.33. The van der Waals surface area contributed by atoms with Crippen molar-refractivity contribution < 1.29 is 8.78 Å². The minimum Gasteiger partial charge on any atom is -0.366 e. The van der Waals surface area contributed by atoms with Crippen LogP contribution in [0.15, 0.2) is 12.1 Å². The zero-order valence-electron chi connectivity index (χ0n) is 12.0.